The molecule has 0 saturated carbocycles. The average Bonchev–Trinajstić information content (AvgIpc) is 2.98. The van der Waals surface area contributed by atoms with Crippen LogP contribution in [0.1, 0.15) is 49.3 Å². The molecule has 1 amide bonds. The predicted molar refractivity (Wildman–Crippen MR) is 109 cm³/mol. The van der Waals surface area contributed by atoms with Crippen LogP contribution in [-0.2, 0) is 21.2 Å². The fraction of sp³-hybridized carbons (Fsp3) is 0.400. The molecule has 30 heavy (non-hydrogen) atoms. The van der Waals surface area contributed by atoms with Crippen molar-refractivity contribution >= 4 is 34.2 Å². The fourth-order valence-corrected chi connectivity index (χ4v) is 3.59. The largest absolute Gasteiger partial charge is 0.497 e. The van der Waals surface area contributed by atoms with Crippen LogP contribution in [0, 0.1) is 11.6 Å². The summed E-state index contributed by atoms with van der Waals surface area (Å²) in [5.74, 6) is -1.95. The van der Waals surface area contributed by atoms with Crippen LogP contribution < -0.4 is 5.46 Å². The Kier molecular flexibility index (Phi) is 4.67. The summed E-state index contributed by atoms with van der Waals surface area (Å²) < 4.78 is 41.4. The molecule has 4 radical (unpaired) electrons. The van der Waals surface area contributed by atoms with Crippen LogP contribution in [0.4, 0.5) is 8.78 Å². The van der Waals surface area contributed by atoms with Gasteiger partial charge in [-0.25, -0.2) is 8.78 Å². The summed E-state index contributed by atoms with van der Waals surface area (Å²) in [6, 6.07) is 5.15. The minimum atomic E-state index is -1.74. The SMILES string of the molecule is [B]C1([B])c2ncccc2C(=O)N1Cc1cc(F)c(B2OC(C)(C)C(C)(C)O2)cc1F. The predicted octanol–water partition coefficient (Wildman–Crippen LogP) is 1.76. The van der Waals surface area contributed by atoms with Crippen LogP contribution in [0.5, 0.6) is 0 Å². The average molecular weight is 406 g/mol. The van der Waals surface area contributed by atoms with Crippen LogP contribution in [0.25, 0.3) is 0 Å². The number of aromatic nitrogens is 1. The van der Waals surface area contributed by atoms with E-state index in [4.69, 9.17) is 25.0 Å². The molecule has 2 aliphatic rings. The Morgan fingerprint density at radius 2 is 1.73 bits per heavy atom. The summed E-state index contributed by atoms with van der Waals surface area (Å²) in [6.45, 7) is 6.96. The molecular formula is C20H19B3F2N2O3. The topological polar surface area (TPSA) is 51.7 Å². The lowest BCUT2D eigenvalue weighted by atomic mass is 9.59. The lowest BCUT2D eigenvalue weighted by molar-refractivity contribution is 0.00578. The maximum atomic E-state index is 14.9. The quantitative estimate of drug-likeness (QED) is 0.730. The van der Waals surface area contributed by atoms with Crippen LogP contribution >= 0.6 is 0 Å². The molecule has 1 fully saturated rings. The van der Waals surface area contributed by atoms with Gasteiger partial charge in [-0.05, 0) is 52.0 Å². The highest BCUT2D eigenvalue weighted by molar-refractivity contribution is 6.62. The summed E-state index contributed by atoms with van der Waals surface area (Å²) in [6.07, 6.45) is 1.46. The number of carbonyl (C=O) groups is 1. The van der Waals surface area contributed by atoms with Gasteiger partial charge in [-0.15, -0.1) is 0 Å². The summed E-state index contributed by atoms with van der Waals surface area (Å²) >= 11 is 0. The van der Waals surface area contributed by atoms with E-state index in [1.54, 1.807) is 6.07 Å². The van der Waals surface area contributed by atoms with E-state index in [-0.39, 0.29) is 28.8 Å². The van der Waals surface area contributed by atoms with E-state index >= 15 is 0 Å². The molecule has 10 heteroatoms. The molecule has 4 rings (SSSR count). The van der Waals surface area contributed by atoms with Crippen molar-refractivity contribution in [2.24, 2.45) is 0 Å². The number of nitrogens with zero attached hydrogens (tertiary/aromatic N) is 2. The molecule has 3 heterocycles. The van der Waals surface area contributed by atoms with Gasteiger partial charge < -0.3 is 14.2 Å². The van der Waals surface area contributed by atoms with Crippen molar-refractivity contribution in [3.8, 4) is 0 Å². The number of fused-ring (bicyclic) bond motifs is 1. The second kappa shape index (κ2) is 6.66. The maximum absolute atomic E-state index is 14.9. The van der Waals surface area contributed by atoms with Crippen LogP contribution in [0.15, 0.2) is 30.5 Å². The van der Waals surface area contributed by atoms with E-state index in [9.17, 15) is 13.6 Å². The second-order valence-corrected chi connectivity index (χ2v) is 8.67. The first-order chi connectivity index (χ1) is 13.8. The van der Waals surface area contributed by atoms with Crippen molar-refractivity contribution in [1.29, 1.82) is 0 Å². The number of amides is 1. The first kappa shape index (κ1) is 21.1. The van der Waals surface area contributed by atoms with Crippen LogP contribution in [0.2, 0.25) is 0 Å². The van der Waals surface area contributed by atoms with Crippen LogP contribution in [-0.4, -0.2) is 49.8 Å². The van der Waals surface area contributed by atoms with E-state index in [0.717, 1.165) is 17.0 Å². The normalized spacial score (nSPS) is 21.2. The minimum Gasteiger partial charge on any atom is -0.399 e. The van der Waals surface area contributed by atoms with Gasteiger partial charge in [0.25, 0.3) is 5.91 Å². The zero-order valence-corrected chi connectivity index (χ0v) is 17.2. The van der Waals surface area contributed by atoms with Crippen molar-refractivity contribution in [1.82, 2.24) is 9.88 Å². The smallest absolute Gasteiger partial charge is 0.399 e. The molecular weight excluding hydrogens is 387 g/mol. The monoisotopic (exact) mass is 406 g/mol. The first-order valence-electron chi connectivity index (χ1n) is 9.54. The zero-order chi connectivity index (χ0) is 22.1. The Labute approximate surface area is 177 Å². The van der Waals surface area contributed by atoms with E-state index in [0.29, 0.717) is 0 Å². The molecule has 0 spiro atoms. The van der Waals surface area contributed by atoms with E-state index in [2.05, 4.69) is 4.98 Å². The van der Waals surface area contributed by atoms with Gasteiger partial charge in [0.15, 0.2) is 0 Å². The number of hydrogen-bond donors (Lipinski definition) is 0. The van der Waals surface area contributed by atoms with E-state index in [1.807, 2.05) is 27.7 Å². The molecule has 1 saturated heterocycles. The molecule has 0 N–H and O–H groups in total. The minimum absolute atomic E-state index is 0.0561. The molecule has 0 bridgehead atoms. The third-order valence-corrected chi connectivity index (χ3v) is 6.11. The standard InChI is InChI=1S/C20H19B3F2N2O3/c1-18(2)19(3,4)30-23(29-18)13-9-14(24)11(8-15(13)25)10-27-17(28)12-6-5-7-26-16(12)20(27,21)22/h5-9H,10H2,1-4H3. The maximum Gasteiger partial charge on any atom is 0.497 e. The van der Waals surface area contributed by atoms with Gasteiger partial charge >= 0.3 is 7.12 Å². The highest BCUT2D eigenvalue weighted by Crippen LogP contribution is 2.37. The molecule has 0 atom stereocenters. The van der Waals surface area contributed by atoms with Gasteiger partial charge in [-0.3, -0.25) is 9.78 Å². The number of pyridine rings is 1. The van der Waals surface area contributed by atoms with Gasteiger partial charge in [-0.1, -0.05) is 0 Å². The van der Waals surface area contributed by atoms with Gasteiger partial charge in [0.2, 0.25) is 0 Å². The molecule has 1 aromatic carbocycles. The molecule has 1 aromatic heterocycles. The summed E-state index contributed by atoms with van der Waals surface area (Å²) in [4.78, 5) is 17.8. The van der Waals surface area contributed by atoms with Crippen molar-refractivity contribution in [2.75, 3.05) is 0 Å². The Hall–Kier alpha value is -2.19. The number of rotatable bonds is 3. The first-order valence-corrected chi connectivity index (χ1v) is 9.54. The Morgan fingerprint density at radius 3 is 2.33 bits per heavy atom. The third-order valence-electron chi connectivity index (χ3n) is 6.11. The molecule has 2 aliphatic heterocycles. The van der Waals surface area contributed by atoms with Crippen molar-refractivity contribution in [3.05, 3.63) is 58.9 Å². The fourth-order valence-electron chi connectivity index (χ4n) is 3.59. The lowest BCUT2D eigenvalue weighted by Crippen LogP contribution is -2.45. The molecule has 0 unspecified atom stereocenters. The van der Waals surface area contributed by atoms with Crippen molar-refractivity contribution in [3.63, 3.8) is 0 Å². The second-order valence-electron chi connectivity index (χ2n) is 8.67. The highest BCUT2D eigenvalue weighted by atomic mass is 19.1. The molecule has 0 aliphatic carbocycles. The van der Waals surface area contributed by atoms with Gasteiger partial charge in [-0.2, -0.15) is 0 Å². The molecule has 5 nitrogen and oxygen atoms in total. The van der Waals surface area contributed by atoms with E-state index in [1.165, 1.54) is 12.3 Å². The number of carbonyl (C=O) groups excluding carboxylic acids is 1. The number of halogens is 2. The lowest BCUT2D eigenvalue weighted by Gasteiger charge is -2.33. The van der Waals surface area contributed by atoms with Crippen LogP contribution in [0.3, 0.4) is 0 Å². The summed E-state index contributed by atoms with van der Waals surface area (Å²) in [5, 5.41) is -1.74. The summed E-state index contributed by atoms with van der Waals surface area (Å²) in [7, 11) is 11.2. The van der Waals surface area contributed by atoms with Crippen molar-refractivity contribution in [2.45, 2.75) is 50.8 Å². The van der Waals surface area contributed by atoms with Gasteiger partial charge in [0.05, 0.1) is 38.2 Å². The molecule has 150 valence electrons. The Morgan fingerprint density at radius 1 is 1.10 bits per heavy atom. The zero-order valence-electron chi connectivity index (χ0n) is 17.2. The number of hydrogen-bond acceptors (Lipinski definition) is 4. The molecule has 2 aromatic rings. The number of benzene rings is 1. The van der Waals surface area contributed by atoms with Gasteiger partial charge in [0.1, 0.15) is 11.6 Å². The Balaban J connectivity index is 1.64. The van der Waals surface area contributed by atoms with E-state index < -0.39 is 41.2 Å². The van der Waals surface area contributed by atoms with Crippen molar-refractivity contribution < 1.29 is 22.9 Å². The van der Waals surface area contributed by atoms with Gasteiger partial charge in [0, 0.05) is 29.1 Å². The Bertz CT molecular complexity index is 1030. The summed E-state index contributed by atoms with van der Waals surface area (Å²) in [5.41, 5.74) is -1.10. The highest BCUT2D eigenvalue weighted by Gasteiger charge is 2.52. The third kappa shape index (κ3) is 3.08.